The zero-order valence-electron chi connectivity index (χ0n) is 14.0. The molecule has 0 fully saturated rings. The van der Waals surface area contributed by atoms with Crippen molar-refractivity contribution in [2.24, 2.45) is 5.92 Å². The maximum atomic E-state index is 12.3. The third-order valence-electron chi connectivity index (χ3n) is 3.31. The first kappa shape index (κ1) is 16.9. The molecule has 0 aliphatic heterocycles. The third-order valence-corrected chi connectivity index (χ3v) is 3.31. The van der Waals surface area contributed by atoms with Gasteiger partial charge in [0.05, 0.1) is 18.8 Å². The molecule has 0 saturated heterocycles. The van der Waals surface area contributed by atoms with Gasteiger partial charge in [-0.1, -0.05) is 44.2 Å². The molecule has 0 bridgehead atoms. The number of amides is 1. The molecule has 0 spiro atoms. The Morgan fingerprint density at radius 2 is 1.74 bits per heavy atom. The van der Waals surface area contributed by atoms with Gasteiger partial charge >= 0.3 is 0 Å². The van der Waals surface area contributed by atoms with E-state index in [1.165, 1.54) is 0 Å². The van der Waals surface area contributed by atoms with Gasteiger partial charge in [-0.05, 0) is 30.2 Å². The zero-order valence-corrected chi connectivity index (χ0v) is 14.0. The lowest BCUT2D eigenvalue weighted by Crippen LogP contribution is -2.30. The van der Waals surface area contributed by atoms with Crippen LogP contribution in [0, 0.1) is 5.92 Å². The fraction of sp³-hybridized carbons (Fsp3) is 0.316. The van der Waals surface area contributed by atoms with E-state index in [1.807, 2.05) is 66.5 Å². The number of nitrogens with one attached hydrogen (secondary N) is 1. The lowest BCUT2D eigenvalue weighted by atomic mass is 10.2. The van der Waals surface area contributed by atoms with Crippen LogP contribution in [0.4, 0.5) is 11.4 Å². The summed E-state index contributed by atoms with van der Waals surface area (Å²) in [5, 5.41) is 2.93. The number of para-hydroxylation sites is 3. The van der Waals surface area contributed by atoms with E-state index >= 15 is 0 Å². The van der Waals surface area contributed by atoms with Crippen LogP contribution < -0.4 is 15.0 Å². The highest BCUT2D eigenvalue weighted by Crippen LogP contribution is 2.24. The van der Waals surface area contributed by atoms with E-state index in [1.54, 1.807) is 0 Å². The molecule has 0 aliphatic carbocycles. The summed E-state index contributed by atoms with van der Waals surface area (Å²) in [5.74, 6) is 1.07. The van der Waals surface area contributed by atoms with E-state index in [0.29, 0.717) is 24.0 Å². The van der Waals surface area contributed by atoms with Gasteiger partial charge in [-0.25, -0.2) is 0 Å². The summed E-state index contributed by atoms with van der Waals surface area (Å²) < 4.78 is 5.76. The van der Waals surface area contributed by atoms with E-state index in [0.717, 1.165) is 5.69 Å². The first-order valence-corrected chi connectivity index (χ1v) is 7.84. The van der Waals surface area contributed by atoms with Crippen LogP contribution in [0.5, 0.6) is 5.75 Å². The quantitative estimate of drug-likeness (QED) is 0.845. The highest BCUT2D eigenvalue weighted by atomic mass is 16.5. The molecule has 0 saturated carbocycles. The van der Waals surface area contributed by atoms with Crippen molar-refractivity contribution in [3.05, 3.63) is 54.6 Å². The molecule has 2 aromatic rings. The molecule has 0 atom stereocenters. The maximum absolute atomic E-state index is 12.3. The minimum atomic E-state index is -0.0723. The summed E-state index contributed by atoms with van der Waals surface area (Å²) in [4.78, 5) is 14.2. The van der Waals surface area contributed by atoms with Crippen molar-refractivity contribution in [2.75, 3.05) is 30.4 Å². The molecule has 122 valence electrons. The van der Waals surface area contributed by atoms with Crippen LogP contribution in [0.2, 0.25) is 0 Å². The average Bonchev–Trinajstić information content (AvgIpc) is 2.54. The molecule has 4 nitrogen and oxygen atoms in total. The van der Waals surface area contributed by atoms with Crippen molar-refractivity contribution < 1.29 is 9.53 Å². The Kier molecular flexibility index (Phi) is 6.03. The maximum Gasteiger partial charge on any atom is 0.243 e. The fourth-order valence-corrected chi connectivity index (χ4v) is 2.13. The second-order valence-electron chi connectivity index (χ2n) is 5.94. The lowest BCUT2D eigenvalue weighted by Gasteiger charge is -2.19. The number of ether oxygens (including phenoxy) is 1. The minimum absolute atomic E-state index is 0.0723. The van der Waals surface area contributed by atoms with Crippen LogP contribution in [-0.2, 0) is 4.79 Å². The van der Waals surface area contributed by atoms with E-state index in [-0.39, 0.29) is 12.5 Å². The molecule has 1 amide bonds. The smallest absolute Gasteiger partial charge is 0.243 e. The Labute approximate surface area is 138 Å². The number of benzene rings is 2. The molecule has 0 radical (unpaired) electrons. The number of hydrogen-bond acceptors (Lipinski definition) is 3. The van der Waals surface area contributed by atoms with E-state index in [4.69, 9.17) is 4.74 Å². The second kappa shape index (κ2) is 8.22. The average molecular weight is 312 g/mol. The molecular formula is C19H24N2O2. The summed E-state index contributed by atoms with van der Waals surface area (Å²) in [6.45, 7) is 5.09. The Hall–Kier alpha value is -2.49. The second-order valence-corrected chi connectivity index (χ2v) is 5.94. The summed E-state index contributed by atoms with van der Waals surface area (Å²) >= 11 is 0. The number of hydrogen-bond donors (Lipinski definition) is 1. The first-order chi connectivity index (χ1) is 11.1. The molecule has 1 N–H and O–H groups in total. The summed E-state index contributed by atoms with van der Waals surface area (Å²) in [7, 11) is 1.90. The third kappa shape index (κ3) is 5.33. The van der Waals surface area contributed by atoms with Gasteiger partial charge in [0.1, 0.15) is 5.75 Å². The fourth-order valence-electron chi connectivity index (χ4n) is 2.13. The van der Waals surface area contributed by atoms with Crippen LogP contribution >= 0.6 is 0 Å². The number of anilines is 2. The highest BCUT2D eigenvalue weighted by Gasteiger charge is 2.11. The molecule has 0 heterocycles. The van der Waals surface area contributed by atoms with Crippen LogP contribution in [0.25, 0.3) is 0 Å². The molecule has 0 aromatic heterocycles. The normalized spacial score (nSPS) is 10.4. The van der Waals surface area contributed by atoms with Gasteiger partial charge < -0.3 is 15.0 Å². The van der Waals surface area contributed by atoms with Gasteiger partial charge in [0, 0.05) is 12.7 Å². The van der Waals surface area contributed by atoms with Crippen LogP contribution in [0.1, 0.15) is 13.8 Å². The molecule has 23 heavy (non-hydrogen) atoms. The van der Waals surface area contributed by atoms with Crippen molar-refractivity contribution >= 4 is 17.3 Å². The minimum Gasteiger partial charge on any atom is -0.491 e. The van der Waals surface area contributed by atoms with Crippen molar-refractivity contribution in [2.45, 2.75) is 13.8 Å². The topological polar surface area (TPSA) is 41.6 Å². The monoisotopic (exact) mass is 312 g/mol. The SMILES string of the molecule is CC(C)COc1ccccc1NC(=O)CN(C)c1ccccc1. The van der Waals surface area contributed by atoms with Gasteiger partial charge in [0.2, 0.25) is 5.91 Å². The van der Waals surface area contributed by atoms with Gasteiger partial charge in [-0.3, -0.25) is 4.79 Å². The number of likely N-dealkylation sites (N-methyl/N-ethyl adjacent to an activating group) is 1. The van der Waals surface area contributed by atoms with Crippen molar-refractivity contribution in [1.82, 2.24) is 0 Å². The summed E-state index contributed by atoms with van der Waals surface area (Å²) in [6.07, 6.45) is 0. The van der Waals surface area contributed by atoms with Crippen molar-refractivity contribution in [1.29, 1.82) is 0 Å². The lowest BCUT2D eigenvalue weighted by molar-refractivity contribution is -0.114. The molecule has 4 heteroatoms. The predicted molar refractivity (Wildman–Crippen MR) is 95.1 cm³/mol. The molecule has 0 unspecified atom stereocenters. The number of rotatable bonds is 7. The number of carbonyl (C=O) groups excluding carboxylic acids is 1. The first-order valence-electron chi connectivity index (χ1n) is 7.84. The van der Waals surface area contributed by atoms with Gasteiger partial charge in [-0.2, -0.15) is 0 Å². The Balaban J connectivity index is 1.97. The van der Waals surface area contributed by atoms with E-state index < -0.39 is 0 Å². The number of nitrogens with zero attached hydrogens (tertiary/aromatic N) is 1. The van der Waals surface area contributed by atoms with Crippen LogP contribution in [0.3, 0.4) is 0 Å². The predicted octanol–water partition coefficient (Wildman–Crippen LogP) is 3.80. The van der Waals surface area contributed by atoms with Gasteiger partial charge in [0.25, 0.3) is 0 Å². The largest absolute Gasteiger partial charge is 0.491 e. The Morgan fingerprint density at radius 3 is 2.43 bits per heavy atom. The molecule has 0 aliphatic rings. The van der Waals surface area contributed by atoms with Gasteiger partial charge in [0.15, 0.2) is 0 Å². The molecule has 2 rings (SSSR count). The molecular weight excluding hydrogens is 288 g/mol. The summed E-state index contributed by atoms with van der Waals surface area (Å²) in [6, 6.07) is 17.4. The Bertz CT molecular complexity index is 626. The number of carbonyl (C=O) groups is 1. The van der Waals surface area contributed by atoms with Crippen molar-refractivity contribution in [3.63, 3.8) is 0 Å². The Morgan fingerprint density at radius 1 is 1.09 bits per heavy atom. The van der Waals surface area contributed by atoms with Crippen LogP contribution in [-0.4, -0.2) is 26.1 Å². The zero-order chi connectivity index (χ0) is 16.7. The highest BCUT2D eigenvalue weighted by molar-refractivity contribution is 5.95. The van der Waals surface area contributed by atoms with Crippen molar-refractivity contribution in [3.8, 4) is 5.75 Å². The summed E-state index contributed by atoms with van der Waals surface area (Å²) in [5.41, 5.74) is 1.71. The van der Waals surface area contributed by atoms with Crippen LogP contribution in [0.15, 0.2) is 54.6 Å². The standard InChI is InChI=1S/C19H24N2O2/c1-15(2)14-23-18-12-8-7-11-17(18)20-19(22)13-21(3)16-9-5-4-6-10-16/h4-12,15H,13-14H2,1-3H3,(H,20,22). The van der Waals surface area contributed by atoms with E-state index in [9.17, 15) is 4.79 Å². The molecule has 2 aromatic carbocycles. The van der Waals surface area contributed by atoms with Gasteiger partial charge in [-0.15, -0.1) is 0 Å². The van der Waals surface area contributed by atoms with E-state index in [2.05, 4.69) is 19.2 Å².